The Bertz CT molecular complexity index is 334. The Labute approximate surface area is 90.9 Å². The average Bonchev–Trinajstić information content (AvgIpc) is 2.66. The number of benzene rings is 1. The third kappa shape index (κ3) is 2.38. The molecule has 0 unspecified atom stereocenters. The zero-order chi connectivity index (χ0) is 10.7. The van der Waals surface area contributed by atoms with Crippen LogP contribution < -0.4 is 0 Å². The van der Waals surface area contributed by atoms with Gasteiger partial charge in [-0.1, -0.05) is 30.3 Å². The van der Waals surface area contributed by atoms with Crippen LogP contribution in [0.1, 0.15) is 18.4 Å². The summed E-state index contributed by atoms with van der Waals surface area (Å²) in [5, 5.41) is 0. The molecule has 15 heavy (non-hydrogen) atoms. The van der Waals surface area contributed by atoms with Gasteiger partial charge in [0.05, 0.1) is 6.42 Å². The Morgan fingerprint density at radius 2 is 2.13 bits per heavy atom. The first-order valence-corrected chi connectivity index (χ1v) is 5.44. The molecule has 0 saturated carbocycles. The van der Waals surface area contributed by atoms with E-state index in [2.05, 4.69) is 6.92 Å². The van der Waals surface area contributed by atoms with E-state index in [0.29, 0.717) is 6.42 Å². The molecule has 2 rings (SSSR count). The van der Waals surface area contributed by atoms with Crippen molar-refractivity contribution in [2.75, 3.05) is 6.54 Å². The molecular formula is C13H16NO. The molecule has 0 aliphatic carbocycles. The summed E-state index contributed by atoms with van der Waals surface area (Å²) in [7, 11) is 0. The van der Waals surface area contributed by atoms with Crippen molar-refractivity contribution in [3.63, 3.8) is 0 Å². The number of hydrogen-bond acceptors (Lipinski definition) is 1. The zero-order valence-electron chi connectivity index (χ0n) is 8.86. The quantitative estimate of drug-likeness (QED) is 0.718. The normalized spacial score (nSPS) is 20.6. The van der Waals surface area contributed by atoms with Crippen molar-refractivity contribution in [3.8, 4) is 0 Å². The van der Waals surface area contributed by atoms with Gasteiger partial charge >= 0.3 is 0 Å². The second-order valence-electron chi connectivity index (χ2n) is 4.05. The minimum Gasteiger partial charge on any atom is -0.339 e. The van der Waals surface area contributed by atoms with Gasteiger partial charge in [0.1, 0.15) is 0 Å². The number of hydrogen-bond donors (Lipinski definition) is 0. The zero-order valence-corrected chi connectivity index (χ0v) is 8.86. The molecule has 2 heteroatoms. The van der Waals surface area contributed by atoms with Crippen LogP contribution in [-0.4, -0.2) is 23.4 Å². The largest absolute Gasteiger partial charge is 0.339 e. The molecular weight excluding hydrogens is 186 g/mol. The summed E-state index contributed by atoms with van der Waals surface area (Å²) in [6.07, 6.45) is 2.64. The fourth-order valence-electron chi connectivity index (χ4n) is 2.04. The van der Waals surface area contributed by atoms with E-state index in [1.807, 2.05) is 35.2 Å². The highest BCUT2D eigenvalue weighted by molar-refractivity contribution is 5.79. The van der Waals surface area contributed by atoms with E-state index >= 15 is 0 Å². The van der Waals surface area contributed by atoms with Gasteiger partial charge in [-0.15, -0.1) is 0 Å². The van der Waals surface area contributed by atoms with Crippen LogP contribution in [0.5, 0.6) is 0 Å². The Balaban J connectivity index is 1.98. The van der Waals surface area contributed by atoms with Crippen molar-refractivity contribution >= 4 is 5.91 Å². The van der Waals surface area contributed by atoms with Crippen LogP contribution in [0.25, 0.3) is 0 Å². The average molecular weight is 202 g/mol. The van der Waals surface area contributed by atoms with Gasteiger partial charge in [0.15, 0.2) is 0 Å². The minimum absolute atomic E-state index is 0.182. The summed E-state index contributed by atoms with van der Waals surface area (Å²) in [5.74, 6) is 0.207. The molecule has 0 bridgehead atoms. The van der Waals surface area contributed by atoms with E-state index < -0.39 is 0 Å². The standard InChI is InChI=1S/C13H16NO/c1-11-6-5-9-14(11)13(15)10-12-7-3-2-4-8-12/h2-4,7-8,11H,1,5-6,9-10H2/t11-/m0/s1. The first kappa shape index (κ1) is 10.2. The predicted octanol–water partition coefficient (Wildman–Crippen LogP) is 2.05. The molecule has 1 amide bonds. The lowest BCUT2D eigenvalue weighted by molar-refractivity contribution is -0.130. The fourth-order valence-corrected chi connectivity index (χ4v) is 2.04. The molecule has 1 saturated heterocycles. The molecule has 1 radical (unpaired) electrons. The SMILES string of the molecule is [CH2][C@H]1CCCN1C(=O)Cc1ccccc1. The number of likely N-dealkylation sites (tertiary alicyclic amines) is 1. The Morgan fingerprint density at radius 3 is 2.73 bits per heavy atom. The lowest BCUT2D eigenvalue weighted by Gasteiger charge is -2.21. The fraction of sp³-hybridized carbons (Fsp3) is 0.385. The Hall–Kier alpha value is -1.31. The van der Waals surface area contributed by atoms with Crippen LogP contribution in [-0.2, 0) is 11.2 Å². The molecule has 79 valence electrons. The summed E-state index contributed by atoms with van der Waals surface area (Å²) in [6, 6.07) is 10.1. The Morgan fingerprint density at radius 1 is 1.40 bits per heavy atom. The van der Waals surface area contributed by atoms with Crippen molar-refractivity contribution in [3.05, 3.63) is 42.8 Å². The van der Waals surface area contributed by atoms with E-state index in [9.17, 15) is 4.79 Å². The van der Waals surface area contributed by atoms with E-state index in [0.717, 1.165) is 24.9 Å². The number of nitrogens with zero attached hydrogens (tertiary/aromatic N) is 1. The molecule has 0 spiro atoms. The molecule has 1 atom stereocenters. The third-order valence-corrected chi connectivity index (χ3v) is 2.90. The van der Waals surface area contributed by atoms with E-state index in [-0.39, 0.29) is 11.9 Å². The van der Waals surface area contributed by atoms with E-state index in [1.54, 1.807) is 0 Å². The number of rotatable bonds is 2. The molecule has 0 N–H and O–H groups in total. The first-order chi connectivity index (χ1) is 7.27. The highest BCUT2D eigenvalue weighted by Gasteiger charge is 2.24. The smallest absolute Gasteiger partial charge is 0.227 e. The highest BCUT2D eigenvalue weighted by atomic mass is 16.2. The predicted molar refractivity (Wildman–Crippen MR) is 60.2 cm³/mol. The van der Waals surface area contributed by atoms with Crippen LogP contribution in [0.2, 0.25) is 0 Å². The van der Waals surface area contributed by atoms with Crippen LogP contribution in [0.3, 0.4) is 0 Å². The van der Waals surface area contributed by atoms with Crippen LogP contribution in [0.15, 0.2) is 30.3 Å². The first-order valence-electron chi connectivity index (χ1n) is 5.44. The molecule has 1 aromatic rings. The van der Waals surface area contributed by atoms with Gasteiger partial charge in [-0.25, -0.2) is 0 Å². The molecule has 1 heterocycles. The maximum absolute atomic E-state index is 11.9. The molecule has 1 aromatic carbocycles. The number of carbonyl (C=O) groups excluding carboxylic acids is 1. The molecule has 2 nitrogen and oxygen atoms in total. The monoisotopic (exact) mass is 202 g/mol. The highest BCUT2D eigenvalue weighted by Crippen LogP contribution is 2.17. The minimum atomic E-state index is 0.182. The topological polar surface area (TPSA) is 20.3 Å². The third-order valence-electron chi connectivity index (χ3n) is 2.90. The summed E-state index contributed by atoms with van der Waals surface area (Å²) >= 11 is 0. The molecule has 0 aromatic heterocycles. The van der Waals surface area contributed by atoms with Crippen molar-refractivity contribution in [2.24, 2.45) is 0 Å². The van der Waals surface area contributed by atoms with Crippen LogP contribution >= 0.6 is 0 Å². The molecule has 1 aliphatic rings. The lowest BCUT2D eigenvalue weighted by Crippen LogP contribution is -2.34. The van der Waals surface area contributed by atoms with Gasteiger partial charge in [-0.2, -0.15) is 0 Å². The van der Waals surface area contributed by atoms with Gasteiger partial charge in [0.2, 0.25) is 5.91 Å². The van der Waals surface area contributed by atoms with E-state index in [1.165, 1.54) is 0 Å². The number of amides is 1. The Kier molecular flexibility index (Phi) is 3.05. The van der Waals surface area contributed by atoms with Crippen molar-refractivity contribution < 1.29 is 4.79 Å². The molecule has 1 aliphatic heterocycles. The maximum atomic E-state index is 11.9. The van der Waals surface area contributed by atoms with Gasteiger partial charge in [-0.3, -0.25) is 4.79 Å². The molecule has 1 fully saturated rings. The number of carbonyl (C=O) groups is 1. The van der Waals surface area contributed by atoms with Crippen LogP contribution in [0.4, 0.5) is 0 Å². The maximum Gasteiger partial charge on any atom is 0.227 e. The van der Waals surface area contributed by atoms with E-state index in [4.69, 9.17) is 0 Å². The summed E-state index contributed by atoms with van der Waals surface area (Å²) in [5.41, 5.74) is 1.08. The van der Waals surface area contributed by atoms with Crippen molar-refractivity contribution in [1.82, 2.24) is 4.90 Å². The summed E-state index contributed by atoms with van der Waals surface area (Å²) < 4.78 is 0. The summed E-state index contributed by atoms with van der Waals surface area (Å²) in [6.45, 7) is 4.86. The van der Waals surface area contributed by atoms with Crippen LogP contribution in [0, 0.1) is 6.92 Å². The lowest BCUT2D eigenvalue weighted by atomic mass is 10.1. The van der Waals surface area contributed by atoms with Gasteiger partial charge in [0.25, 0.3) is 0 Å². The van der Waals surface area contributed by atoms with Gasteiger partial charge in [0, 0.05) is 12.6 Å². The van der Waals surface area contributed by atoms with Gasteiger partial charge < -0.3 is 4.90 Å². The summed E-state index contributed by atoms with van der Waals surface area (Å²) in [4.78, 5) is 13.8. The van der Waals surface area contributed by atoms with Gasteiger partial charge in [-0.05, 0) is 25.3 Å². The van der Waals surface area contributed by atoms with Crippen molar-refractivity contribution in [2.45, 2.75) is 25.3 Å². The van der Waals surface area contributed by atoms with Crippen molar-refractivity contribution in [1.29, 1.82) is 0 Å². The second kappa shape index (κ2) is 4.47. The second-order valence-corrected chi connectivity index (χ2v) is 4.05.